The van der Waals surface area contributed by atoms with E-state index in [2.05, 4.69) is 5.32 Å². The molecule has 5 heteroatoms. The normalized spacial score (nSPS) is 11.0. The fourth-order valence-corrected chi connectivity index (χ4v) is 2.98. The summed E-state index contributed by atoms with van der Waals surface area (Å²) in [4.78, 5) is 4.76. The van der Waals surface area contributed by atoms with Crippen molar-refractivity contribution in [2.75, 3.05) is 5.32 Å². The molecule has 0 fully saturated rings. The van der Waals surface area contributed by atoms with Gasteiger partial charge in [0.15, 0.2) is 0 Å². The van der Waals surface area contributed by atoms with Gasteiger partial charge >= 0.3 is 0 Å². The minimum absolute atomic E-state index is 0.229. The Labute approximate surface area is 150 Å². The molecule has 0 spiro atoms. The monoisotopic (exact) mass is 349 g/mol. The van der Waals surface area contributed by atoms with E-state index in [1.807, 2.05) is 66.1 Å². The Morgan fingerprint density at radius 2 is 1.84 bits per heavy atom. The number of fused-ring (bicyclic) bond motifs is 1. The van der Waals surface area contributed by atoms with E-state index in [0.717, 1.165) is 34.0 Å². The van der Waals surface area contributed by atoms with Crippen LogP contribution in [0.2, 0.25) is 5.02 Å². The molecule has 0 atom stereocenters. The summed E-state index contributed by atoms with van der Waals surface area (Å²) in [6.07, 6.45) is 2.04. The summed E-state index contributed by atoms with van der Waals surface area (Å²) in [5, 5.41) is 13.7. The van der Waals surface area contributed by atoms with Gasteiger partial charge in [-0.3, -0.25) is 4.40 Å². The summed E-state index contributed by atoms with van der Waals surface area (Å²) in [6, 6.07) is 18.6. The third-order valence-corrected chi connectivity index (χ3v) is 4.23. The first-order valence-corrected chi connectivity index (χ1v) is 8.29. The third kappa shape index (κ3) is 3.04. The van der Waals surface area contributed by atoms with Gasteiger partial charge in [0, 0.05) is 22.5 Å². The van der Waals surface area contributed by atoms with Crippen molar-refractivity contribution in [1.82, 2.24) is 9.38 Å². The van der Waals surface area contributed by atoms with Crippen molar-refractivity contribution in [2.24, 2.45) is 0 Å². The highest BCUT2D eigenvalue weighted by Crippen LogP contribution is 2.32. The molecule has 4 rings (SSSR count). The molecule has 4 nitrogen and oxygen atoms in total. The molecule has 2 heterocycles. The molecule has 2 aromatic carbocycles. The van der Waals surface area contributed by atoms with Gasteiger partial charge in [0.1, 0.15) is 22.9 Å². The van der Waals surface area contributed by atoms with E-state index < -0.39 is 0 Å². The smallest absolute Gasteiger partial charge is 0.143 e. The molecule has 0 saturated carbocycles. The number of phenols is 1. The fourth-order valence-electron chi connectivity index (χ4n) is 2.79. The SMILES string of the molecule is Cc1ccc2nc(-c3ccc(O)cc3)c(Nc3cccc(Cl)c3)n2c1. The van der Waals surface area contributed by atoms with E-state index in [-0.39, 0.29) is 5.75 Å². The van der Waals surface area contributed by atoms with E-state index in [9.17, 15) is 5.11 Å². The Morgan fingerprint density at radius 3 is 2.60 bits per heavy atom. The van der Waals surface area contributed by atoms with Gasteiger partial charge in [0.2, 0.25) is 0 Å². The predicted molar refractivity (Wildman–Crippen MR) is 102 cm³/mol. The second-order valence-electron chi connectivity index (χ2n) is 5.93. The number of hydrogen-bond donors (Lipinski definition) is 2. The molecule has 4 aromatic rings. The van der Waals surface area contributed by atoms with Crippen molar-refractivity contribution in [3.8, 4) is 17.0 Å². The quantitative estimate of drug-likeness (QED) is 0.519. The van der Waals surface area contributed by atoms with Crippen molar-refractivity contribution >= 4 is 28.8 Å². The molecular weight excluding hydrogens is 334 g/mol. The lowest BCUT2D eigenvalue weighted by atomic mass is 10.1. The summed E-state index contributed by atoms with van der Waals surface area (Å²) >= 11 is 6.11. The van der Waals surface area contributed by atoms with Crippen LogP contribution in [0.3, 0.4) is 0 Å². The van der Waals surface area contributed by atoms with Gasteiger partial charge in [0.05, 0.1) is 0 Å². The van der Waals surface area contributed by atoms with Gasteiger partial charge in [-0.05, 0) is 61.0 Å². The van der Waals surface area contributed by atoms with E-state index in [1.54, 1.807) is 12.1 Å². The zero-order valence-electron chi connectivity index (χ0n) is 13.6. The summed E-state index contributed by atoms with van der Waals surface area (Å²) in [6.45, 7) is 2.04. The van der Waals surface area contributed by atoms with Gasteiger partial charge < -0.3 is 10.4 Å². The fraction of sp³-hybridized carbons (Fsp3) is 0.0500. The Kier molecular flexibility index (Phi) is 3.82. The van der Waals surface area contributed by atoms with Crippen LogP contribution in [0.1, 0.15) is 5.56 Å². The van der Waals surface area contributed by atoms with Crippen molar-refractivity contribution < 1.29 is 5.11 Å². The number of rotatable bonds is 3. The van der Waals surface area contributed by atoms with Crippen LogP contribution < -0.4 is 5.32 Å². The van der Waals surface area contributed by atoms with Crippen LogP contribution in [-0.2, 0) is 0 Å². The molecule has 0 aliphatic carbocycles. The topological polar surface area (TPSA) is 49.6 Å². The van der Waals surface area contributed by atoms with Crippen LogP contribution in [0.15, 0.2) is 66.9 Å². The summed E-state index contributed by atoms with van der Waals surface area (Å²) in [7, 11) is 0. The zero-order valence-corrected chi connectivity index (χ0v) is 14.3. The molecule has 0 bridgehead atoms. The van der Waals surface area contributed by atoms with Gasteiger partial charge in [-0.2, -0.15) is 0 Å². The number of pyridine rings is 1. The standard InChI is InChI=1S/C20H16ClN3O/c1-13-5-10-18-23-19(14-6-8-17(25)9-7-14)20(24(18)12-13)22-16-4-2-3-15(21)11-16/h2-12,22,25H,1H3. The van der Waals surface area contributed by atoms with Crippen LogP contribution in [-0.4, -0.2) is 14.5 Å². The molecular formula is C20H16ClN3O. The van der Waals surface area contributed by atoms with E-state index in [0.29, 0.717) is 5.02 Å². The first-order chi connectivity index (χ1) is 12.1. The first-order valence-electron chi connectivity index (χ1n) is 7.91. The van der Waals surface area contributed by atoms with Crippen molar-refractivity contribution in [3.63, 3.8) is 0 Å². The molecule has 0 unspecified atom stereocenters. The van der Waals surface area contributed by atoms with Crippen LogP contribution in [0, 0.1) is 6.92 Å². The maximum Gasteiger partial charge on any atom is 0.143 e. The number of phenolic OH excluding ortho intramolecular Hbond substituents is 1. The molecule has 0 radical (unpaired) electrons. The third-order valence-electron chi connectivity index (χ3n) is 3.99. The molecule has 0 aliphatic rings. The highest BCUT2D eigenvalue weighted by Gasteiger charge is 2.15. The van der Waals surface area contributed by atoms with Crippen LogP contribution in [0.5, 0.6) is 5.75 Å². The number of benzene rings is 2. The number of hydrogen-bond acceptors (Lipinski definition) is 3. The van der Waals surface area contributed by atoms with Gasteiger partial charge in [-0.15, -0.1) is 0 Å². The van der Waals surface area contributed by atoms with Gasteiger partial charge in [-0.1, -0.05) is 23.7 Å². The van der Waals surface area contributed by atoms with Crippen molar-refractivity contribution in [2.45, 2.75) is 6.92 Å². The number of halogens is 1. The van der Waals surface area contributed by atoms with E-state index in [1.165, 1.54) is 0 Å². The summed E-state index contributed by atoms with van der Waals surface area (Å²) in [5.41, 5.74) is 4.60. The molecule has 124 valence electrons. The van der Waals surface area contributed by atoms with Crippen LogP contribution >= 0.6 is 11.6 Å². The number of aromatic hydroxyl groups is 1. The van der Waals surface area contributed by atoms with E-state index in [4.69, 9.17) is 16.6 Å². The van der Waals surface area contributed by atoms with Gasteiger partial charge in [-0.25, -0.2) is 4.98 Å². The average molecular weight is 350 g/mol. The number of aryl methyl sites for hydroxylation is 1. The minimum atomic E-state index is 0.229. The number of nitrogens with one attached hydrogen (secondary N) is 1. The van der Waals surface area contributed by atoms with Crippen molar-refractivity contribution in [3.05, 3.63) is 77.4 Å². The minimum Gasteiger partial charge on any atom is -0.508 e. The summed E-state index contributed by atoms with van der Waals surface area (Å²) in [5.74, 6) is 1.08. The average Bonchev–Trinajstić information content (AvgIpc) is 2.93. The molecule has 2 aromatic heterocycles. The number of nitrogens with zero attached hydrogens (tertiary/aromatic N) is 2. The molecule has 2 N–H and O–H groups in total. The Hall–Kier alpha value is -2.98. The second kappa shape index (κ2) is 6.15. The lowest BCUT2D eigenvalue weighted by molar-refractivity contribution is 0.475. The lowest BCUT2D eigenvalue weighted by Crippen LogP contribution is -1.97. The lowest BCUT2D eigenvalue weighted by Gasteiger charge is -2.10. The maximum atomic E-state index is 9.56. The molecule has 0 amide bonds. The highest BCUT2D eigenvalue weighted by atomic mass is 35.5. The van der Waals surface area contributed by atoms with Crippen molar-refractivity contribution in [1.29, 1.82) is 0 Å². The Morgan fingerprint density at radius 1 is 1.04 bits per heavy atom. The predicted octanol–water partition coefficient (Wildman–Crippen LogP) is 5.41. The number of aromatic nitrogens is 2. The highest BCUT2D eigenvalue weighted by molar-refractivity contribution is 6.30. The Balaban J connectivity index is 1.91. The maximum absolute atomic E-state index is 9.56. The summed E-state index contributed by atoms with van der Waals surface area (Å²) < 4.78 is 2.03. The second-order valence-corrected chi connectivity index (χ2v) is 6.36. The molecule has 25 heavy (non-hydrogen) atoms. The number of imidazole rings is 1. The van der Waals surface area contributed by atoms with Crippen LogP contribution in [0.25, 0.3) is 16.9 Å². The van der Waals surface area contributed by atoms with E-state index >= 15 is 0 Å². The number of anilines is 2. The largest absolute Gasteiger partial charge is 0.508 e. The zero-order chi connectivity index (χ0) is 17.4. The van der Waals surface area contributed by atoms with Crippen LogP contribution in [0.4, 0.5) is 11.5 Å². The molecule has 0 saturated heterocycles. The van der Waals surface area contributed by atoms with Gasteiger partial charge in [0.25, 0.3) is 0 Å². The first kappa shape index (κ1) is 15.5. The Bertz CT molecular complexity index is 1050. The molecule has 0 aliphatic heterocycles.